The first kappa shape index (κ1) is 23.3. The molecule has 1 aromatic heterocycles. The molecule has 174 valence electrons. The highest BCUT2D eigenvalue weighted by Crippen LogP contribution is 2.39. The number of amides is 1. The van der Waals surface area contributed by atoms with E-state index in [-0.39, 0.29) is 28.3 Å². The first-order chi connectivity index (χ1) is 15.4. The standard InChI is InChI=1S/C21H23BrN6O4S/c1-21(2,3)32-20(29)28-10-14(11-28)12-4-6-13(7-5-12)15-8-9-16(22)18(33(23,30)31)17(15)19-24-26-27-25-19/h4-9,14H,10-11H2,1-3H3,(H2,23,30,31)(H,24,25,26,27). The van der Waals surface area contributed by atoms with Crippen molar-refractivity contribution in [3.05, 3.63) is 46.4 Å². The van der Waals surface area contributed by atoms with Crippen molar-refractivity contribution in [3.63, 3.8) is 0 Å². The Kier molecular flexibility index (Phi) is 6.01. The molecule has 2 aromatic carbocycles. The fraction of sp³-hybridized carbons (Fsp3) is 0.333. The minimum Gasteiger partial charge on any atom is -0.444 e. The predicted molar refractivity (Wildman–Crippen MR) is 125 cm³/mol. The summed E-state index contributed by atoms with van der Waals surface area (Å²) in [6.45, 7) is 6.68. The summed E-state index contributed by atoms with van der Waals surface area (Å²) in [4.78, 5) is 13.7. The molecule has 1 saturated heterocycles. The fourth-order valence-electron chi connectivity index (χ4n) is 3.67. The van der Waals surface area contributed by atoms with E-state index in [1.807, 2.05) is 45.0 Å². The van der Waals surface area contributed by atoms with Crippen LogP contribution in [-0.4, -0.2) is 58.7 Å². The number of nitrogens with one attached hydrogen (secondary N) is 1. The minimum absolute atomic E-state index is 0.113. The topological polar surface area (TPSA) is 144 Å². The monoisotopic (exact) mass is 534 g/mol. The lowest BCUT2D eigenvalue weighted by Gasteiger charge is -2.40. The molecule has 1 amide bonds. The molecule has 10 nitrogen and oxygen atoms in total. The molecule has 0 aliphatic carbocycles. The zero-order valence-electron chi connectivity index (χ0n) is 18.2. The summed E-state index contributed by atoms with van der Waals surface area (Å²) >= 11 is 3.27. The van der Waals surface area contributed by atoms with Gasteiger partial charge in [-0.15, -0.1) is 10.2 Å². The number of nitrogens with two attached hydrogens (primary N) is 1. The van der Waals surface area contributed by atoms with Crippen LogP contribution in [0.25, 0.3) is 22.5 Å². The number of hydrogen-bond donors (Lipinski definition) is 2. The minimum atomic E-state index is -4.08. The number of primary sulfonamides is 1. The molecule has 1 fully saturated rings. The third kappa shape index (κ3) is 4.92. The van der Waals surface area contributed by atoms with Crippen molar-refractivity contribution < 1.29 is 17.9 Å². The van der Waals surface area contributed by atoms with Gasteiger partial charge in [0.05, 0.1) is 5.56 Å². The van der Waals surface area contributed by atoms with Gasteiger partial charge in [-0.2, -0.15) is 5.21 Å². The van der Waals surface area contributed by atoms with Gasteiger partial charge in [-0.25, -0.2) is 18.4 Å². The second-order valence-corrected chi connectivity index (χ2v) is 11.1. The van der Waals surface area contributed by atoms with E-state index < -0.39 is 15.6 Å². The smallest absolute Gasteiger partial charge is 0.410 e. The van der Waals surface area contributed by atoms with Crippen molar-refractivity contribution in [3.8, 4) is 22.5 Å². The SMILES string of the molecule is CC(C)(C)OC(=O)N1CC(c2ccc(-c3ccc(Br)c(S(N)(=O)=O)c3-c3nn[nH]n3)cc2)C1. The number of halogens is 1. The number of likely N-dealkylation sites (tertiary alicyclic amines) is 1. The third-order valence-corrected chi connectivity index (χ3v) is 7.11. The van der Waals surface area contributed by atoms with Gasteiger partial charge in [-0.3, -0.25) is 0 Å². The summed E-state index contributed by atoms with van der Waals surface area (Å²) in [6, 6.07) is 11.1. The van der Waals surface area contributed by atoms with E-state index in [4.69, 9.17) is 9.88 Å². The van der Waals surface area contributed by atoms with Crippen molar-refractivity contribution in [2.75, 3.05) is 13.1 Å². The van der Waals surface area contributed by atoms with Gasteiger partial charge < -0.3 is 9.64 Å². The Labute approximate surface area is 199 Å². The van der Waals surface area contributed by atoms with Crippen LogP contribution in [0.3, 0.4) is 0 Å². The number of nitrogens with zero attached hydrogens (tertiary/aromatic N) is 4. The van der Waals surface area contributed by atoms with Gasteiger partial charge in [-0.1, -0.05) is 30.3 Å². The number of carbonyl (C=O) groups is 1. The molecular formula is C21H23BrN6O4S. The van der Waals surface area contributed by atoms with Crippen molar-refractivity contribution in [1.82, 2.24) is 25.5 Å². The number of aromatic amines is 1. The molecule has 0 bridgehead atoms. The van der Waals surface area contributed by atoms with Gasteiger partial charge in [0.25, 0.3) is 0 Å². The first-order valence-corrected chi connectivity index (χ1v) is 12.5. The number of sulfonamides is 1. The van der Waals surface area contributed by atoms with Crippen LogP contribution in [0.4, 0.5) is 4.79 Å². The molecule has 0 atom stereocenters. The molecule has 3 N–H and O–H groups in total. The lowest BCUT2D eigenvalue weighted by molar-refractivity contribution is 0.00819. The average Bonchev–Trinajstić information content (AvgIpc) is 3.19. The second kappa shape index (κ2) is 8.50. The van der Waals surface area contributed by atoms with Crippen LogP contribution in [0.2, 0.25) is 0 Å². The Balaban J connectivity index is 1.62. The maximum Gasteiger partial charge on any atom is 0.410 e. The highest BCUT2D eigenvalue weighted by molar-refractivity contribution is 9.10. The molecule has 1 aliphatic rings. The summed E-state index contributed by atoms with van der Waals surface area (Å²) < 4.78 is 30.4. The average molecular weight is 535 g/mol. The number of benzene rings is 2. The Morgan fingerprint density at radius 3 is 2.39 bits per heavy atom. The molecule has 0 radical (unpaired) electrons. The Morgan fingerprint density at radius 2 is 1.85 bits per heavy atom. The van der Waals surface area contributed by atoms with Crippen molar-refractivity contribution in [2.45, 2.75) is 37.2 Å². The number of tetrazole rings is 1. The van der Waals surface area contributed by atoms with E-state index >= 15 is 0 Å². The Bertz CT molecular complexity index is 1280. The van der Waals surface area contributed by atoms with E-state index in [1.54, 1.807) is 17.0 Å². The number of rotatable bonds is 4. The number of hydrogen-bond acceptors (Lipinski definition) is 7. The predicted octanol–water partition coefficient (Wildman–Crippen LogP) is 3.28. The molecule has 0 unspecified atom stereocenters. The first-order valence-electron chi connectivity index (χ1n) is 10.1. The maximum absolute atomic E-state index is 12.3. The number of aromatic nitrogens is 4. The van der Waals surface area contributed by atoms with Crippen LogP contribution < -0.4 is 5.14 Å². The molecule has 3 aromatic rings. The Hall–Kier alpha value is -2.83. The van der Waals surface area contributed by atoms with Gasteiger partial charge in [-0.05, 0) is 64.7 Å². The molecule has 4 rings (SSSR count). The lowest BCUT2D eigenvalue weighted by atomic mass is 9.90. The van der Waals surface area contributed by atoms with Gasteiger partial charge >= 0.3 is 6.09 Å². The van der Waals surface area contributed by atoms with Crippen molar-refractivity contribution in [1.29, 1.82) is 0 Å². The van der Waals surface area contributed by atoms with Crippen molar-refractivity contribution in [2.24, 2.45) is 5.14 Å². The van der Waals surface area contributed by atoms with Gasteiger partial charge in [0.1, 0.15) is 10.5 Å². The van der Waals surface area contributed by atoms with Crippen LogP contribution in [0.15, 0.2) is 45.8 Å². The van der Waals surface area contributed by atoms with Gasteiger partial charge in [0.2, 0.25) is 15.8 Å². The largest absolute Gasteiger partial charge is 0.444 e. The summed E-state index contributed by atoms with van der Waals surface area (Å²) in [7, 11) is -4.08. The molecule has 33 heavy (non-hydrogen) atoms. The summed E-state index contributed by atoms with van der Waals surface area (Å²) in [6.07, 6.45) is -0.314. The molecule has 2 heterocycles. The van der Waals surface area contributed by atoms with E-state index in [1.165, 1.54) is 0 Å². The summed E-state index contributed by atoms with van der Waals surface area (Å²) in [5.74, 6) is 0.319. The molecule has 0 saturated carbocycles. The number of carbonyl (C=O) groups excluding carboxylic acids is 1. The highest BCUT2D eigenvalue weighted by Gasteiger charge is 2.34. The van der Waals surface area contributed by atoms with Crippen LogP contribution in [-0.2, 0) is 14.8 Å². The van der Waals surface area contributed by atoms with Crippen LogP contribution >= 0.6 is 15.9 Å². The van der Waals surface area contributed by atoms with Crippen LogP contribution in [0, 0.1) is 0 Å². The highest BCUT2D eigenvalue weighted by atomic mass is 79.9. The summed E-state index contributed by atoms with van der Waals surface area (Å²) in [5, 5.41) is 19.3. The van der Waals surface area contributed by atoms with Crippen LogP contribution in [0.1, 0.15) is 32.3 Å². The van der Waals surface area contributed by atoms with E-state index in [9.17, 15) is 13.2 Å². The zero-order chi connectivity index (χ0) is 24.0. The Morgan fingerprint density at radius 1 is 1.18 bits per heavy atom. The van der Waals surface area contributed by atoms with Crippen LogP contribution in [0.5, 0.6) is 0 Å². The van der Waals surface area contributed by atoms with Gasteiger partial charge in [0, 0.05) is 23.5 Å². The summed E-state index contributed by atoms with van der Waals surface area (Å²) in [5.41, 5.74) is 2.16. The van der Waals surface area contributed by atoms with E-state index in [0.29, 0.717) is 23.1 Å². The second-order valence-electron chi connectivity index (χ2n) is 8.78. The molecule has 12 heteroatoms. The van der Waals surface area contributed by atoms with E-state index in [0.717, 1.165) is 11.1 Å². The quantitative estimate of drug-likeness (QED) is 0.522. The molecule has 1 aliphatic heterocycles. The lowest BCUT2D eigenvalue weighted by Crippen LogP contribution is -2.50. The normalized spacial score (nSPS) is 14.8. The number of H-pyrrole nitrogens is 1. The fourth-order valence-corrected chi connectivity index (χ4v) is 5.50. The van der Waals surface area contributed by atoms with Gasteiger partial charge in [0.15, 0.2) is 0 Å². The van der Waals surface area contributed by atoms with Crippen molar-refractivity contribution >= 4 is 32.0 Å². The zero-order valence-corrected chi connectivity index (χ0v) is 20.6. The maximum atomic E-state index is 12.3. The molecular weight excluding hydrogens is 512 g/mol. The third-order valence-electron chi connectivity index (χ3n) is 5.19. The number of ether oxygens (including phenoxy) is 1. The molecule has 0 spiro atoms. The van der Waals surface area contributed by atoms with E-state index in [2.05, 4.69) is 36.6 Å².